The molecule has 0 bridgehead atoms. The van der Waals surface area contributed by atoms with Crippen molar-refractivity contribution in [3.63, 3.8) is 0 Å². The quantitative estimate of drug-likeness (QED) is 0.872. The van der Waals surface area contributed by atoms with Gasteiger partial charge in [-0.25, -0.2) is 0 Å². The molecule has 2 heterocycles. The molecule has 0 aromatic carbocycles. The van der Waals surface area contributed by atoms with Gasteiger partial charge in [0.15, 0.2) is 0 Å². The minimum absolute atomic E-state index is 0.490. The van der Waals surface area contributed by atoms with Crippen molar-refractivity contribution in [3.05, 3.63) is 21.4 Å². The maximum absolute atomic E-state index is 5.19. The number of ether oxygens (including phenoxy) is 1. The van der Waals surface area contributed by atoms with Crippen LogP contribution < -0.4 is 5.32 Å². The molecule has 1 unspecified atom stereocenters. The van der Waals surface area contributed by atoms with Crippen LogP contribution in [0.25, 0.3) is 0 Å². The topological polar surface area (TPSA) is 21.3 Å². The number of fused-ring (bicyclic) bond motifs is 1. The van der Waals surface area contributed by atoms with Gasteiger partial charge in [-0.15, -0.1) is 11.3 Å². The SMILES string of the molecule is CC(NC1COC1)c1cc2c(s1)CCCC2. The Morgan fingerprint density at radius 2 is 2.19 bits per heavy atom. The average molecular weight is 237 g/mol. The summed E-state index contributed by atoms with van der Waals surface area (Å²) in [6.45, 7) is 4.04. The van der Waals surface area contributed by atoms with Gasteiger partial charge in [0, 0.05) is 15.8 Å². The van der Waals surface area contributed by atoms with Crippen molar-refractivity contribution < 1.29 is 4.74 Å². The van der Waals surface area contributed by atoms with E-state index in [-0.39, 0.29) is 0 Å². The van der Waals surface area contributed by atoms with Crippen molar-refractivity contribution in [2.75, 3.05) is 13.2 Å². The van der Waals surface area contributed by atoms with Crippen LogP contribution in [0.3, 0.4) is 0 Å². The Balaban J connectivity index is 1.70. The molecule has 1 fully saturated rings. The lowest BCUT2D eigenvalue weighted by atomic mass is 9.99. The number of aryl methyl sites for hydroxylation is 2. The minimum atomic E-state index is 0.490. The van der Waals surface area contributed by atoms with Crippen LogP contribution >= 0.6 is 11.3 Å². The van der Waals surface area contributed by atoms with Gasteiger partial charge in [0.25, 0.3) is 0 Å². The van der Waals surface area contributed by atoms with Crippen molar-refractivity contribution in [2.45, 2.75) is 44.7 Å². The second-order valence-electron chi connectivity index (χ2n) is 4.93. The summed E-state index contributed by atoms with van der Waals surface area (Å²) in [6, 6.07) is 3.50. The molecule has 1 aliphatic carbocycles. The fourth-order valence-corrected chi connectivity index (χ4v) is 3.76. The first kappa shape index (κ1) is 10.8. The normalized spacial score (nSPS) is 22.6. The molecule has 1 aromatic rings. The van der Waals surface area contributed by atoms with Crippen molar-refractivity contribution in [1.82, 2.24) is 5.32 Å². The van der Waals surface area contributed by atoms with Crippen LogP contribution in [0.1, 0.15) is 41.1 Å². The van der Waals surface area contributed by atoms with Gasteiger partial charge < -0.3 is 10.1 Å². The van der Waals surface area contributed by atoms with E-state index in [4.69, 9.17) is 4.74 Å². The summed E-state index contributed by atoms with van der Waals surface area (Å²) in [5.41, 5.74) is 1.62. The Morgan fingerprint density at radius 1 is 1.38 bits per heavy atom. The van der Waals surface area contributed by atoms with E-state index in [9.17, 15) is 0 Å². The fraction of sp³-hybridized carbons (Fsp3) is 0.692. The minimum Gasteiger partial charge on any atom is -0.378 e. The highest BCUT2D eigenvalue weighted by Crippen LogP contribution is 2.33. The van der Waals surface area contributed by atoms with E-state index in [0.29, 0.717) is 12.1 Å². The summed E-state index contributed by atoms with van der Waals surface area (Å²) < 4.78 is 5.19. The average Bonchev–Trinajstić information content (AvgIpc) is 2.66. The van der Waals surface area contributed by atoms with Gasteiger partial charge in [-0.2, -0.15) is 0 Å². The zero-order valence-electron chi connectivity index (χ0n) is 9.79. The van der Waals surface area contributed by atoms with E-state index in [1.807, 2.05) is 11.3 Å². The predicted molar refractivity (Wildman–Crippen MR) is 67.1 cm³/mol. The maximum atomic E-state index is 5.19. The molecule has 0 saturated carbocycles. The first-order valence-electron chi connectivity index (χ1n) is 6.28. The van der Waals surface area contributed by atoms with Crippen LogP contribution in [0.4, 0.5) is 0 Å². The lowest BCUT2D eigenvalue weighted by molar-refractivity contribution is -0.00909. The van der Waals surface area contributed by atoms with Gasteiger partial charge in [-0.3, -0.25) is 0 Å². The van der Waals surface area contributed by atoms with E-state index in [1.165, 1.54) is 30.6 Å². The van der Waals surface area contributed by atoms with Crippen LogP contribution in [-0.4, -0.2) is 19.3 Å². The number of hydrogen-bond acceptors (Lipinski definition) is 3. The zero-order chi connectivity index (χ0) is 11.0. The molecule has 16 heavy (non-hydrogen) atoms. The van der Waals surface area contributed by atoms with Crippen LogP contribution in [0, 0.1) is 0 Å². The first-order valence-corrected chi connectivity index (χ1v) is 7.10. The fourth-order valence-electron chi connectivity index (χ4n) is 2.49. The third-order valence-electron chi connectivity index (χ3n) is 3.57. The highest BCUT2D eigenvalue weighted by molar-refractivity contribution is 7.12. The van der Waals surface area contributed by atoms with Gasteiger partial charge in [0.1, 0.15) is 0 Å². The molecule has 0 amide bonds. The molecule has 1 saturated heterocycles. The number of thiophene rings is 1. The van der Waals surface area contributed by atoms with Crippen LogP contribution in [0.15, 0.2) is 6.07 Å². The Kier molecular flexibility index (Phi) is 3.01. The number of hydrogen-bond donors (Lipinski definition) is 1. The van der Waals surface area contributed by atoms with Gasteiger partial charge in [-0.1, -0.05) is 0 Å². The summed E-state index contributed by atoms with van der Waals surface area (Å²) in [6.07, 6.45) is 5.36. The summed E-state index contributed by atoms with van der Waals surface area (Å²) in [7, 11) is 0. The molecular weight excluding hydrogens is 218 g/mol. The molecule has 2 nitrogen and oxygen atoms in total. The van der Waals surface area contributed by atoms with Crippen LogP contribution in [-0.2, 0) is 17.6 Å². The van der Waals surface area contributed by atoms with Gasteiger partial charge in [-0.05, 0) is 44.2 Å². The van der Waals surface area contributed by atoms with E-state index in [2.05, 4.69) is 18.3 Å². The smallest absolute Gasteiger partial charge is 0.0643 e. The standard InChI is InChI=1S/C13H19NOS/c1-9(14-11-7-15-8-11)13-6-10-4-2-3-5-12(10)16-13/h6,9,11,14H,2-5,7-8H2,1H3. The van der Waals surface area contributed by atoms with Crippen molar-refractivity contribution in [3.8, 4) is 0 Å². The second-order valence-corrected chi connectivity index (χ2v) is 6.10. The van der Waals surface area contributed by atoms with E-state index in [1.54, 1.807) is 10.4 Å². The van der Waals surface area contributed by atoms with Gasteiger partial charge in [0.05, 0.1) is 19.3 Å². The molecule has 1 N–H and O–H groups in total. The van der Waals surface area contributed by atoms with E-state index < -0.39 is 0 Å². The Hall–Kier alpha value is -0.380. The van der Waals surface area contributed by atoms with Gasteiger partial charge in [0.2, 0.25) is 0 Å². The van der Waals surface area contributed by atoms with Crippen molar-refractivity contribution >= 4 is 11.3 Å². The molecule has 1 aromatic heterocycles. The molecule has 88 valence electrons. The largest absolute Gasteiger partial charge is 0.378 e. The number of nitrogens with one attached hydrogen (secondary N) is 1. The summed E-state index contributed by atoms with van der Waals surface area (Å²) in [5.74, 6) is 0. The summed E-state index contributed by atoms with van der Waals surface area (Å²) in [4.78, 5) is 3.15. The lowest BCUT2D eigenvalue weighted by Crippen LogP contribution is -2.46. The third-order valence-corrected chi connectivity index (χ3v) is 4.99. The predicted octanol–water partition coefficient (Wildman–Crippen LogP) is 2.68. The Bertz CT molecular complexity index is 347. The Morgan fingerprint density at radius 3 is 2.88 bits per heavy atom. The summed E-state index contributed by atoms with van der Waals surface area (Å²) >= 11 is 2.02. The molecule has 1 aliphatic heterocycles. The molecule has 0 radical (unpaired) electrons. The van der Waals surface area contributed by atoms with Crippen LogP contribution in [0.2, 0.25) is 0 Å². The molecule has 3 heteroatoms. The van der Waals surface area contributed by atoms with Crippen molar-refractivity contribution in [1.29, 1.82) is 0 Å². The molecule has 0 spiro atoms. The van der Waals surface area contributed by atoms with Crippen LogP contribution in [0.5, 0.6) is 0 Å². The molecular formula is C13H19NOS. The maximum Gasteiger partial charge on any atom is 0.0643 e. The highest BCUT2D eigenvalue weighted by atomic mass is 32.1. The summed E-state index contributed by atoms with van der Waals surface area (Å²) in [5, 5.41) is 3.63. The van der Waals surface area contributed by atoms with E-state index >= 15 is 0 Å². The second kappa shape index (κ2) is 4.47. The van der Waals surface area contributed by atoms with Crippen molar-refractivity contribution in [2.24, 2.45) is 0 Å². The first-order chi connectivity index (χ1) is 7.83. The monoisotopic (exact) mass is 237 g/mol. The third kappa shape index (κ3) is 2.04. The zero-order valence-corrected chi connectivity index (χ0v) is 10.6. The van der Waals surface area contributed by atoms with E-state index in [0.717, 1.165) is 13.2 Å². The molecule has 3 rings (SSSR count). The highest BCUT2D eigenvalue weighted by Gasteiger charge is 2.22. The lowest BCUT2D eigenvalue weighted by Gasteiger charge is -2.29. The Labute approximate surface area is 101 Å². The molecule has 2 aliphatic rings. The molecule has 1 atom stereocenters. The van der Waals surface area contributed by atoms with Gasteiger partial charge >= 0.3 is 0 Å². The number of rotatable bonds is 3.